The normalized spacial score (nSPS) is 10.9. The van der Waals surface area contributed by atoms with Crippen LogP contribution in [0.15, 0.2) is 17.9 Å². The van der Waals surface area contributed by atoms with E-state index >= 15 is 0 Å². The number of halogens is 4. The van der Waals surface area contributed by atoms with E-state index in [1.54, 1.807) is 0 Å². The predicted molar refractivity (Wildman–Crippen MR) is 135 cm³/mol. The predicted octanol–water partition coefficient (Wildman–Crippen LogP) is 8.99. The molecule has 1 aromatic rings. The van der Waals surface area contributed by atoms with Gasteiger partial charge in [-0.1, -0.05) is 65.2 Å². The zero-order chi connectivity index (χ0) is 22.5. The van der Waals surface area contributed by atoms with E-state index < -0.39 is 11.9 Å². The summed E-state index contributed by atoms with van der Waals surface area (Å²) in [6, 6.07) is 0. The van der Waals surface area contributed by atoms with Gasteiger partial charge in [0.05, 0.1) is 24.3 Å². The summed E-state index contributed by atoms with van der Waals surface area (Å²) in [6.07, 6.45) is 10.6. The van der Waals surface area contributed by atoms with Crippen LogP contribution < -0.4 is 0 Å². The van der Waals surface area contributed by atoms with Gasteiger partial charge in [-0.25, -0.2) is 9.59 Å². The molecule has 0 heterocycles. The van der Waals surface area contributed by atoms with Gasteiger partial charge in [-0.2, -0.15) is 0 Å². The van der Waals surface area contributed by atoms with Crippen LogP contribution in [0, 0.1) is 0 Å². The fourth-order valence-corrected chi connectivity index (χ4v) is 5.34. The Kier molecular flexibility index (Phi) is 14.8. The third-order valence-electron chi connectivity index (χ3n) is 4.64. The molecule has 0 aliphatic rings. The second-order valence-corrected chi connectivity index (χ2v) is 10.3. The quantitative estimate of drug-likeness (QED) is 0.0854. The van der Waals surface area contributed by atoms with Crippen molar-refractivity contribution in [2.75, 3.05) is 13.2 Å². The Labute approximate surface area is 213 Å². The molecule has 8 heteroatoms. The maximum atomic E-state index is 12.8. The summed E-state index contributed by atoms with van der Waals surface area (Å²) >= 11 is 13.8. The molecule has 0 saturated carbocycles. The molecule has 0 spiro atoms. The minimum absolute atomic E-state index is 0.167. The molecule has 0 saturated heterocycles. The molecule has 0 N–H and O–H groups in total. The highest BCUT2D eigenvalue weighted by Crippen LogP contribution is 2.42. The summed E-state index contributed by atoms with van der Waals surface area (Å²) in [7, 11) is 0. The Bertz CT molecular complexity index is 707. The fraction of sp³-hybridized carbons (Fsp3) is 0.636. The fourth-order valence-electron chi connectivity index (χ4n) is 2.90. The molecular formula is C22H30Br4O4. The maximum Gasteiger partial charge on any atom is 0.340 e. The highest BCUT2D eigenvalue weighted by atomic mass is 79.9. The van der Waals surface area contributed by atoms with Gasteiger partial charge in [-0.05, 0) is 76.6 Å². The molecule has 170 valence electrons. The maximum absolute atomic E-state index is 12.8. The van der Waals surface area contributed by atoms with Gasteiger partial charge >= 0.3 is 11.9 Å². The molecule has 0 fully saturated rings. The summed E-state index contributed by atoms with van der Waals surface area (Å²) in [6.45, 7) is 4.96. The molecule has 0 atom stereocenters. The van der Waals surface area contributed by atoms with Crippen molar-refractivity contribution in [1.82, 2.24) is 0 Å². The van der Waals surface area contributed by atoms with Crippen molar-refractivity contribution in [3.8, 4) is 0 Å². The van der Waals surface area contributed by atoms with E-state index in [1.807, 2.05) is 0 Å². The van der Waals surface area contributed by atoms with Crippen molar-refractivity contribution < 1.29 is 19.1 Å². The van der Waals surface area contributed by atoms with E-state index in [9.17, 15) is 9.59 Å². The summed E-state index contributed by atoms with van der Waals surface area (Å²) in [5, 5.41) is 0. The Balaban J connectivity index is 2.87. The minimum Gasteiger partial charge on any atom is -0.462 e. The first-order chi connectivity index (χ1) is 14.4. The third kappa shape index (κ3) is 8.91. The van der Waals surface area contributed by atoms with Crippen LogP contribution in [-0.2, 0) is 9.47 Å². The van der Waals surface area contributed by atoms with Crippen LogP contribution in [0.5, 0.6) is 0 Å². The second-order valence-electron chi connectivity index (χ2n) is 7.11. The number of carbonyl (C=O) groups is 2. The lowest BCUT2D eigenvalue weighted by molar-refractivity contribution is 0.0448. The van der Waals surface area contributed by atoms with Crippen LogP contribution in [-0.4, -0.2) is 25.2 Å². The summed E-state index contributed by atoms with van der Waals surface area (Å²) in [4.78, 5) is 25.6. The average molecular weight is 678 g/mol. The van der Waals surface area contributed by atoms with Gasteiger partial charge in [-0.15, -0.1) is 0 Å². The van der Waals surface area contributed by atoms with Gasteiger partial charge in [0.25, 0.3) is 0 Å². The van der Waals surface area contributed by atoms with E-state index in [-0.39, 0.29) is 11.1 Å². The molecule has 0 aromatic heterocycles. The van der Waals surface area contributed by atoms with Crippen molar-refractivity contribution in [2.45, 2.75) is 78.1 Å². The molecule has 1 aromatic carbocycles. The number of carbonyl (C=O) groups excluding carboxylic acids is 2. The SMILES string of the molecule is CCCCCCCCOC(=O)c1c(Br)c(Br)c(Br)c(Br)c1C(=O)OCCCCCC. The molecule has 0 aliphatic carbocycles. The van der Waals surface area contributed by atoms with Crippen LogP contribution in [0.1, 0.15) is 98.8 Å². The lowest BCUT2D eigenvalue weighted by Gasteiger charge is -2.16. The van der Waals surface area contributed by atoms with Crippen LogP contribution in [0.25, 0.3) is 0 Å². The minimum atomic E-state index is -0.543. The van der Waals surface area contributed by atoms with Gasteiger partial charge in [0.15, 0.2) is 0 Å². The topological polar surface area (TPSA) is 52.6 Å². The smallest absolute Gasteiger partial charge is 0.340 e. The van der Waals surface area contributed by atoms with Crippen molar-refractivity contribution in [2.24, 2.45) is 0 Å². The Morgan fingerprint density at radius 1 is 0.567 bits per heavy atom. The lowest BCUT2D eigenvalue weighted by atomic mass is 10.1. The third-order valence-corrected chi connectivity index (χ3v) is 9.41. The Hall–Kier alpha value is 0.0800. The first-order valence-electron chi connectivity index (χ1n) is 10.6. The molecule has 0 unspecified atom stereocenters. The van der Waals surface area contributed by atoms with E-state index in [4.69, 9.17) is 9.47 Å². The van der Waals surface area contributed by atoms with Crippen LogP contribution in [0.2, 0.25) is 0 Å². The zero-order valence-electron chi connectivity index (χ0n) is 17.6. The van der Waals surface area contributed by atoms with Crippen LogP contribution in [0.4, 0.5) is 0 Å². The van der Waals surface area contributed by atoms with E-state index in [0.29, 0.717) is 31.1 Å². The summed E-state index contributed by atoms with van der Waals surface area (Å²) in [5.41, 5.74) is 0.335. The molecular weight excluding hydrogens is 648 g/mol. The molecule has 30 heavy (non-hydrogen) atoms. The zero-order valence-corrected chi connectivity index (χ0v) is 24.0. The van der Waals surface area contributed by atoms with Crippen molar-refractivity contribution in [1.29, 1.82) is 0 Å². The molecule has 0 amide bonds. The number of ether oxygens (including phenoxy) is 2. The Morgan fingerprint density at radius 3 is 1.30 bits per heavy atom. The molecule has 4 nitrogen and oxygen atoms in total. The number of hydrogen-bond acceptors (Lipinski definition) is 4. The van der Waals surface area contributed by atoms with Crippen LogP contribution in [0.3, 0.4) is 0 Å². The van der Waals surface area contributed by atoms with Gasteiger partial charge in [0, 0.05) is 17.9 Å². The van der Waals surface area contributed by atoms with E-state index in [0.717, 1.165) is 44.9 Å². The van der Waals surface area contributed by atoms with Gasteiger partial charge in [-0.3, -0.25) is 0 Å². The highest BCUT2D eigenvalue weighted by Gasteiger charge is 2.29. The molecule has 1 rings (SSSR count). The van der Waals surface area contributed by atoms with Gasteiger partial charge in [0.2, 0.25) is 0 Å². The van der Waals surface area contributed by atoms with Crippen molar-refractivity contribution in [3.05, 3.63) is 29.0 Å². The monoisotopic (exact) mass is 674 g/mol. The number of hydrogen-bond donors (Lipinski definition) is 0. The van der Waals surface area contributed by atoms with Crippen LogP contribution >= 0.6 is 63.7 Å². The first-order valence-corrected chi connectivity index (χ1v) is 13.7. The van der Waals surface area contributed by atoms with Crippen molar-refractivity contribution >= 4 is 75.7 Å². The van der Waals surface area contributed by atoms with Crippen molar-refractivity contribution in [3.63, 3.8) is 0 Å². The largest absolute Gasteiger partial charge is 0.462 e. The van der Waals surface area contributed by atoms with E-state index in [2.05, 4.69) is 77.6 Å². The van der Waals surface area contributed by atoms with Gasteiger partial charge < -0.3 is 9.47 Å². The highest BCUT2D eigenvalue weighted by molar-refractivity contribution is 9.15. The number of esters is 2. The first kappa shape index (κ1) is 28.1. The average Bonchev–Trinajstić information content (AvgIpc) is 2.73. The Morgan fingerprint density at radius 2 is 0.900 bits per heavy atom. The molecule has 0 aliphatic heterocycles. The molecule has 0 bridgehead atoms. The number of benzene rings is 1. The molecule has 0 radical (unpaired) electrons. The summed E-state index contributed by atoms with van der Waals surface area (Å²) in [5.74, 6) is -1.08. The van der Waals surface area contributed by atoms with E-state index in [1.165, 1.54) is 19.3 Å². The summed E-state index contributed by atoms with van der Waals surface area (Å²) < 4.78 is 13.1. The lowest BCUT2D eigenvalue weighted by Crippen LogP contribution is -2.17. The number of rotatable bonds is 14. The second kappa shape index (κ2) is 15.8. The number of unbranched alkanes of at least 4 members (excludes halogenated alkanes) is 8. The standard InChI is InChI=1S/C22H30Br4O4/c1-3-5-7-9-10-12-14-30-22(28)16-15(17(23)19(25)20(26)18(16)24)21(27)29-13-11-8-6-4-2/h3-14H2,1-2H3. The van der Waals surface area contributed by atoms with Gasteiger partial charge in [0.1, 0.15) is 0 Å².